The number of benzene rings is 1. The molecule has 2 aromatic heterocycles. The molecule has 3 aromatic rings. The molecule has 0 amide bonds. The molecule has 10 heteroatoms. The molecule has 0 bridgehead atoms. The van der Waals surface area contributed by atoms with E-state index in [1.807, 2.05) is 31.0 Å². The van der Waals surface area contributed by atoms with Gasteiger partial charge in [-0.2, -0.15) is 17.5 Å². The second-order valence-corrected chi connectivity index (χ2v) is 9.78. The van der Waals surface area contributed by atoms with Crippen molar-refractivity contribution in [2.24, 2.45) is 5.92 Å². The first-order valence-corrected chi connectivity index (χ1v) is 11.4. The molecule has 1 saturated heterocycles. The zero-order valence-electron chi connectivity index (χ0n) is 17.1. The lowest BCUT2D eigenvalue weighted by Crippen LogP contribution is -2.52. The highest BCUT2D eigenvalue weighted by Gasteiger charge is 2.41. The number of hydrogen-bond donors (Lipinski definition) is 1. The molecule has 1 aromatic carbocycles. The average Bonchev–Trinajstić information content (AvgIpc) is 3.22. The Bertz CT molecular complexity index is 1190. The van der Waals surface area contributed by atoms with Crippen LogP contribution in [0.25, 0.3) is 11.0 Å². The Morgan fingerprint density at radius 2 is 1.94 bits per heavy atom. The van der Waals surface area contributed by atoms with Crippen LogP contribution in [-0.2, 0) is 16.2 Å². The Labute approximate surface area is 178 Å². The second-order valence-electron chi connectivity index (χ2n) is 7.87. The van der Waals surface area contributed by atoms with Gasteiger partial charge in [-0.1, -0.05) is 19.1 Å². The zero-order chi connectivity index (χ0) is 22.4. The molecule has 0 radical (unpaired) electrons. The van der Waals surface area contributed by atoms with Gasteiger partial charge in [-0.25, -0.2) is 13.4 Å². The molecule has 1 aliphatic heterocycles. The van der Waals surface area contributed by atoms with Crippen LogP contribution in [0.3, 0.4) is 0 Å². The molecule has 31 heavy (non-hydrogen) atoms. The molecule has 0 saturated carbocycles. The Balaban J connectivity index is 1.67. The minimum atomic E-state index is -4.75. The number of anilines is 1. The highest BCUT2D eigenvalue weighted by atomic mass is 32.2. The third kappa shape index (κ3) is 3.89. The fraction of sp³-hybridized carbons (Fsp3) is 0.381. The summed E-state index contributed by atoms with van der Waals surface area (Å²) in [6, 6.07) is 7.90. The lowest BCUT2D eigenvalue weighted by Gasteiger charge is -2.42. The Morgan fingerprint density at radius 3 is 2.68 bits per heavy atom. The summed E-state index contributed by atoms with van der Waals surface area (Å²) < 4.78 is 68.0. The van der Waals surface area contributed by atoms with Crippen molar-refractivity contribution in [3.05, 3.63) is 54.4 Å². The number of H-pyrrole nitrogens is 1. The molecule has 0 aliphatic carbocycles. The lowest BCUT2D eigenvalue weighted by molar-refractivity contribution is -0.139. The number of hydrogen-bond acceptors (Lipinski definition) is 4. The van der Waals surface area contributed by atoms with Crippen LogP contribution < -0.4 is 4.90 Å². The number of pyridine rings is 1. The molecule has 0 spiro atoms. The molecular weight excluding hydrogens is 429 g/mol. The van der Waals surface area contributed by atoms with E-state index in [4.69, 9.17) is 0 Å². The number of halogens is 3. The normalized spacial score (nSPS) is 20.8. The maximum atomic E-state index is 13.5. The van der Waals surface area contributed by atoms with Gasteiger partial charge in [0, 0.05) is 49.6 Å². The van der Waals surface area contributed by atoms with Gasteiger partial charge in [-0.3, -0.25) is 0 Å². The van der Waals surface area contributed by atoms with Crippen LogP contribution in [0.4, 0.5) is 18.9 Å². The van der Waals surface area contributed by atoms with Gasteiger partial charge in [-0.05, 0) is 36.6 Å². The van der Waals surface area contributed by atoms with E-state index in [9.17, 15) is 21.6 Å². The molecule has 1 aliphatic rings. The number of sulfonamides is 1. The van der Waals surface area contributed by atoms with Crippen molar-refractivity contribution in [2.75, 3.05) is 25.0 Å². The maximum Gasteiger partial charge on any atom is 0.417 e. The van der Waals surface area contributed by atoms with Gasteiger partial charge in [0.15, 0.2) is 0 Å². The van der Waals surface area contributed by atoms with Gasteiger partial charge in [0.2, 0.25) is 10.0 Å². The quantitative estimate of drug-likeness (QED) is 0.647. The van der Waals surface area contributed by atoms with Gasteiger partial charge >= 0.3 is 6.18 Å². The minimum Gasteiger partial charge on any atom is -0.369 e. The molecular formula is C21H23F3N4O2S. The van der Waals surface area contributed by atoms with Crippen LogP contribution in [0.2, 0.25) is 0 Å². The minimum absolute atomic E-state index is 0.0976. The fourth-order valence-electron chi connectivity index (χ4n) is 4.24. The SMILES string of the molecule is C[C@@H]1CCN(S(=O)(=O)c2ccccc2C(F)(F)F)CC1N(C)c1ccnc2[nH]ccc12. The highest BCUT2D eigenvalue weighted by Crippen LogP contribution is 2.37. The topological polar surface area (TPSA) is 69.3 Å². The number of rotatable bonds is 4. The average molecular weight is 453 g/mol. The van der Waals surface area contributed by atoms with E-state index in [1.165, 1.54) is 16.4 Å². The predicted molar refractivity (Wildman–Crippen MR) is 112 cm³/mol. The van der Waals surface area contributed by atoms with Crippen molar-refractivity contribution in [3.8, 4) is 0 Å². The van der Waals surface area contributed by atoms with E-state index in [0.717, 1.165) is 28.9 Å². The number of alkyl halides is 3. The first-order valence-electron chi connectivity index (χ1n) is 9.92. The van der Waals surface area contributed by atoms with Crippen molar-refractivity contribution < 1.29 is 21.6 Å². The zero-order valence-corrected chi connectivity index (χ0v) is 17.9. The van der Waals surface area contributed by atoms with Crippen LogP contribution in [0.1, 0.15) is 18.9 Å². The van der Waals surface area contributed by atoms with Gasteiger partial charge in [0.25, 0.3) is 0 Å². The third-order valence-corrected chi connectivity index (χ3v) is 7.93. The van der Waals surface area contributed by atoms with E-state index in [-0.39, 0.29) is 25.0 Å². The van der Waals surface area contributed by atoms with Crippen molar-refractivity contribution in [1.82, 2.24) is 14.3 Å². The number of aromatic amines is 1. The third-order valence-electron chi connectivity index (χ3n) is 6.01. The molecule has 1 N–H and O–H groups in total. The molecule has 166 valence electrons. The second kappa shape index (κ2) is 7.83. The number of piperidine rings is 1. The van der Waals surface area contributed by atoms with E-state index < -0.39 is 26.7 Å². The standard InChI is InChI=1S/C21H23F3N4O2S/c1-14-9-12-28(31(29,30)19-6-4-3-5-16(19)21(22,23)24)13-18(14)27(2)17-8-11-26-20-15(17)7-10-25-20/h3-8,10-11,14,18H,9,12-13H2,1-2H3,(H,25,26)/t14-,18?/m1/s1. The Hall–Kier alpha value is -2.59. The summed E-state index contributed by atoms with van der Waals surface area (Å²) in [6.45, 7) is 2.31. The van der Waals surface area contributed by atoms with Crippen molar-refractivity contribution in [1.29, 1.82) is 0 Å². The van der Waals surface area contributed by atoms with Gasteiger partial charge in [-0.15, -0.1) is 0 Å². The molecule has 6 nitrogen and oxygen atoms in total. The van der Waals surface area contributed by atoms with Gasteiger partial charge in [0.05, 0.1) is 10.5 Å². The summed E-state index contributed by atoms with van der Waals surface area (Å²) in [5.41, 5.74) is 0.469. The first kappa shape index (κ1) is 21.6. The van der Waals surface area contributed by atoms with Gasteiger partial charge < -0.3 is 9.88 Å². The van der Waals surface area contributed by atoms with Crippen molar-refractivity contribution >= 4 is 26.7 Å². The van der Waals surface area contributed by atoms with Crippen LogP contribution in [0.15, 0.2) is 53.7 Å². The van der Waals surface area contributed by atoms with E-state index in [0.29, 0.717) is 6.42 Å². The van der Waals surface area contributed by atoms with E-state index in [2.05, 4.69) is 9.97 Å². The number of fused-ring (bicyclic) bond motifs is 1. The lowest BCUT2D eigenvalue weighted by atomic mass is 9.93. The Kier molecular flexibility index (Phi) is 5.47. The smallest absolute Gasteiger partial charge is 0.369 e. The molecule has 1 unspecified atom stereocenters. The summed E-state index contributed by atoms with van der Waals surface area (Å²) in [5.74, 6) is 0.150. The molecule has 1 fully saturated rings. The van der Waals surface area contributed by atoms with Crippen LogP contribution in [-0.4, -0.2) is 48.9 Å². The summed E-state index contributed by atoms with van der Waals surface area (Å²) >= 11 is 0. The van der Waals surface area contributed by atoms with Crippen LogP contribution >= 0.6 is 0 Å². The maximum absolute atomic E-state index is 13.5. The Morgan fingerprint density at radius 1 is 1.19 bits per heavy atom. The molecule has 2 atom stereocenters. The van der Waals surface area contributed by atoms with Crippen molar-refractivity contribution in [2.45, 2.75) is 30.5 Å². The summed E-state index contributed by atoms with van der Waals surface area (Å²) in [7, 11) is -2.43. The fourth-order valence-corrected chi connectivity index (χ4v) is 5.92. The molecule has 4 rings (SSSR count). The number of aromatic nitrogens is 2. The summed E-state index contributed by atoms with van der Waals surface area (Å²) in [4.78, 5) is 8.63. The number of nitrogens with zero attached hydrogens (tertiary/aromatic N) is 3. The van der Waals surface area contributed by atoms with Crippen molar-refractivity contribution in [3.63, 3.8) is 0 Å². The number of nitrogens with one attached hydrogen (secondary N) is 1. The van der Waals surface area contributed by atoms with Gasteiger partial charge in [0.1, 0.15) is 5.65 Å². The highest BCUT2D eigenvalue weighted by molar-refractivity contribution is 7.89. The predicted octanol–water partition coefficient (Wildman–Crippen LogP) is 4.12. The monoisotopic (exact) mass is 452 g/mol. The van der Waals surface area contributed by atoms with E-state index in [1.54, 1.807) is 12.4 Å². The first-order chi connectivity index (χ1) is 14.6. The largest absolute Gasteiger partial charge is 0.417 e. The molecule has 3 heterocycles. The summed E-state index contributed by atoms with van der Waals surface area (Å²) in [5, 5.41) is 0.902. The van der Waals surface area contributed by atoms with E-state index >= 15 is 0 Å². The summed E-state index contributed by atoms with van der Waals surface area (Å²) in [6.07, 6.45) is -0.750. The number of likely N-dealkylation sites (N-methyl/N-ethyl adjacent to an activating group) is 1. The van der Waals surface area contributed by atoms with Crippen LogP contribution in [0.5, 0.6) is 0 Å². The van der Waals surface area contributed by atoms with Crippen LogP contribution in [0, 0.1) is 5.92 Å².